The third kappa shape index (κ3) is 4.57. The number of Topliss-reactive ketones (excluding diaryl/α,β-unsaturated/α-hetero) is 1. The zero-order chi connectivity index (χ0) is 17.7. The van der Waals surface area contributed by atoms with Gasteiger partial charge >= 0.3 is 0 Å². The molecule has 0 spiro atoms. The van der Waals surface area contributed by atoms with E-state index in [0.717, 1.165) is 32.5 Å². The van der Waals surface area contributed by atoms with Gasteiger partial charge < -0.3 is 14.5 Å². The molecule has 1 aromatic rings. The molecule has 1 aromatic carbocycles. The molecule has 132 valence electrons. The summed E-state index contributed by atoms with van der Waals surface area (Å²) in [6, 6.07) is 7.25. The number of rotatable bonds is 6. The number of ether oxygens (including phenoxy) is 1. The number of carbonyl (C=O) groups is 2. The summed E-state index contributed by atoms with van der Waals surface area (Å²) in [6.07, 6.45) is 1.44. The molecule has 0 unspecified atom stereocenters. The molecule has 1 fully saturated rings. The molecule has 5 nitrogen and oxygen atoms in total. The first-order chi connectivity index (χ1) is 11.4. The van der Waals surface area contributed by atoms with Gasteiger partial charge in [0.2, 0.25) is 0 Å². The molecule has 1 aliphatic rings. The number of ketones is 1. The number of piperidine rings is 1. The average molecular weight is 332 g/mol. The maximum atomic E-state index is 12.6. The van der Waals surface area contributed by atoms with E-state index in [0.29, 0.717) is 11.3 Å². The second-order valence-corrected chi connectivity index (χ2v) is 6.46. The van der Waals surface area contributed by atoms with Gasteiger partial charge in [0.25, 0.3) is 5.91 Å². The summed E-state index contributed by atoms with van der Waals surface area (Å²) in [5.41, 5.74) is 0.590. The standard InChI is InChI=1S/C19H28N2O3/c1-5-21-11-9-17(10-12-21)20(4)19(23)15(3)24-18-8-6-7-16(13-18)14(2)22/h6-8,13,15,17H,5,9-12H2,1-4H3/t15-/m0/s1. The highest BCUT2D eigenvalue weighted by Crippen LogP contribution is 2.19. The summed E-state index contributed by atoms with van der Waals surface area (Å²) in [7, 11) is 1.86. The van der Waals surface area contributed by atoms with E-state index in [9.17, 15) is 9.59 Å². The molecule has 0 saturated carbocycles. The smallest absolute Gasteiger partial charge is 0.263 e. The molecule has 1 heterocycles. The molecule has 1 aliphatic heterocycles. The van der Waals surface area contributed by atoms with Gasteiger partial charge in [0.1, 0.15) is 5.75 Å². The third-order valence-corrected chi connectivity index (χ3v) is 4.80. The van der Waals surface area contributed by atoms with Gasteiger partial charge in [-0.25, -0.2) is 0 Å². The number of benzene rings is 1. The second kappa shape index (κ2) is 8.29. The van der Waals surface area contributed by atoms with Crippen LogP contribution in [0.25, 0.3) is 0 Å². The molecule has 24 heavy (non-hydrogen) atoms. The SMILES string of the molecule is CCN1CCC(N(C)C(=O)[C@H](C)Oc2cccc(C(C)=O)c2)CC1. The molecule has 1 atom stereocenters. The van der Waals surface area contributed by atoms with Gasteiger partial charge in [-0.2, -0.15) is 0 Å². The monoisotopic (exact) mass is 332 g/mol. The Hall–Kier alpha value is -1.88. The van der Waals surface area contributed by atoms with E-state index in [1.54, 1.807) is 31.2 Å². The normalized spacial score (nSPS) is 17.3. The van der Waals surface area contributed by atoms with Gasteiger partial charge in [-0.3, -0.25) is 9.59 Å². The minimum atomic E-state index is -0.568. The Kier molecular flexibility index (Phi) is 6.37. The van der Waals surface area contributed by atoms with Crippen LogP contribution in [0.1, 0.15) is 44.0 Å². The van der Waals surface area contributed by atoms with E-state index in [2.05, 4.69) is 11.8 Å². The summed E-state index contributed by atoms with van der Waals surface area (Å²) in [5, 5.41) is 0. The minimum absolute atomic E-state index is 0.0146. The first-order valence-corrected chi connectivity index (χ1v) is 8.69. The highest BCUT2D eigenvalue weighted by Gasteiger charge is 2.28. The molecule has 5 heteroatoms. The van der Waals surface area contributed by atoms with Crippen molar-refractivity contribution in [2.24, 2.45) is 0 Å². The lowest BCUT2D eigenvalue weighted by Gasteiger charge is -2.37. The van der Waals surface area contributed by atoms with Gasteiger partial charge in [0.05, 0.1) is 0 Å². The highest BCUT2D eigenvalue weighted by atomic mass is 16.5. The third-order valence-electron chi connectivity index (χ3n) is 4.80. The van der Waals surface area contributed by atoms with Gasteiger partial charge in [-0.1, -0.05) is 19.1 Å². The van der Waals surface area contributed by atoms with Crippen LogP contribution in [0.2, 0.25) is 0 Å². The number of hydrogen-bond acceptors (Lipinski definition) is 4. The Morgan fingerprint density at radius 2 is 2.00 bits per heavy atom. The van der Waals surface area contributed by atoms with Crippen LogP contribution in [0.15, 0.2) is 24.3 Å². The number of nitrogens with zero attached hydrogens (tertiary/aromatic N) is 2. The Bertz CT molecular complexity index is 580. The number of likely N-dealkylation sites (tertiary alicyclic amines) is 1. The number of amides is 1. The number of hydrogen-bond donors (Lipinski definition) is 0. The molecule has 0 aliphatic carbocycles. The first-order valence-electron chi connectivity index (χ1n) is 8.69. The van der Waals surface area contributed by atoms with E-state index in [1.165, 1.54) is 6.92 Å². The minimum Gasteiger partial charge on any atom is -0.481 e. The van der Waals surface area contributed by atoms with Crippen LogP contribution in [0.4, 0.5) is 0 Å². The summed E-state index contributed by atoms with van der Waals surface area (Å²) in [6.45, 7) is 8.59. The average Bonchev–Trinajstić information content (AvgIpc) is 2.60. The van der Waals surface area contributed by atoms with Crippen molar-refractivity contribution in [2.45, 2.75) is 45.8 Å². The van der Waals surface area contributed by atoms with Crippen molar-refractivity contribution in [1.29, 1.82) is 0 Å². The molecule has 1 saturated heterocycles. The Morgan fingerprint density at radius 1 is 1.33 bits per heavy atom. The van der Waals surface area contributed by atoms with Crippen LogP contribution in [-0.2, 0) is 4.79 Å². The quantitative estimate of drug-likeness (QED) is 0.752. The fourth-order valence-corrected chi connectivity index (χ4v) is 3.13. The first kappa shape index (κ1) is 18.5. The van der Waals surface area contributed by atoms with Crippen LogP contribution in [0, 0.1) is 0 Å². The van der Waals surface area contributed by atoms with E-state index in [-0.39, 0.29) is 17.7 Å². The maximum absolute atomic E-state index is 12.6. The Balaban J connectivity index is 1.94. The van der Waals surface area contributed by atoms with Crippen molar-refractivity contribution in [2.75, 3.05) is 26.7 Å². The van der Waals surface area contributed by atoms with Crippen LogP contribution in [0.5, 0.6) is 5.75 Å². The summed E-state index contributed by atoms with van der Waals surface area (Å²) >= 11 is 0. The lowest BCUT2D eigenvalue weighted by molar-refractivity contribution is -0.139. The van der Waals surface area contributed by atoms with E-state index in [4.69, 9.17) is 4.74 Å². The van der Waals surface area contributed by atoms with Gasteiger partial charge in [-0.05, 0) is 45.4 Å². The number of likely N-dealkylation sites (N-methyl/N-ethyl adjacent to an activating group) is 1. The zero-order valence-corrected chi connectivity index (χ0v) is 15.1. The van der Waals surface area contributed by atoms with Crippen molar-refractivity contribution in [1.82, 2.24) is 9.80 Å². The number of carbonyl (C=O) groups excluding carboxylic acids is 2. The summed E-state index contributed by atoms with van der Waals surface area (Å²) in [5.74, 6) is 0.523. The Morgan fingerprint density at radius 3 is 2.58 bits per heavy atom. The van der Waals surface area contributed by atoms with E-state index in [1.807, 2.05) is 11.9 Å². The molecular formula is C19H28N2O3. The largest absolute Gasteiger partial charge is 0.481 e. The molecular weight excluding hydrogens is 304 g/mol. The van der Waals surface area contributed by atoms with Crippen molar-refractivity contribution in [3.8, 4) is 5.75 Å². The molecule has 2 rings (SSSR count). The van der Waals surface area contributed by atoms with Gasteiger partial charge in [0.15, 0.2) is 11.9 Å². The van der Waals surface area contributed by atoms with Crippen molar-refractivity contribution < 1.29 is 14.3 Å². The topological polar surface area (TPSA) is 49.9 Å². The van der Waals surface area contributed by atoms with E-state index >= 15 is 0 Å². The highest BCUT2D eigenvalue weighted by molar-refractivity contribution is 5.94. The fraction of sp³-hybridized carbons (Fsp3) is 0.579. The molecule has 0 bridgehead atoms. The van der Waals surface area contributed by atoms with E-state index < -0.39 is 6.10 Å². The van der Waals surface area contributed by atoms with Crippen molar-refractivity contribution in [3.05, 3.63) is 29.8 Å². The molecule has 0 radical (unpaired) electrons. The molecule has 0 aromatic heterocycles. The zero-order valence-electron chi connectivity index (χ0n) is 15.1. The van der Waals surface area contributed by atoms with Crippen LogP contribution < -0.4 is 4.74 Å². The molecule has 0 N–H and O–H groups in total. The van der Waals surface area contributed by atoms with Crippen LogP contribution in [-0.4, -0.2) is 60.3 Å². The Labute approximate surface area is 144 Å². The maximum Gasteiger partial charge on any atom is 0.263 e. The predicted octanol–water partition coefficient (Wildman–Crippen LogP) is 2.60. The lowest BCUT2D eigenvalue weighted by Crippen LogP contribution is -2.48. The van der Waals surface area contributed by atoms with Gasteiger partial charge in [-0.15, -0.1) is 0 Å². The second-order valence-electron chi connectivity index (χ2n) is 6.46. The van der Waals surface area contributed by atoms with Crippen molar-refractivity contribution >= 4 is 11.7 Å². The summed E-state index contributed by atoms with van der Waals surface area (Å²) < 4.78 is 5.77. The van der Waals surface area contributed by atoms with Crippen LogP contribution >= 0.6 is 0 Å². The predicted molar refractivity (Wildman–Crippen MR) is 94.4 cm³/mol. The van der Waals surface area contributed by atoms with Crippen LogP contribution in [0.3, 0.4) is 0 Å². The lowest BCUT2D eigenvalue weighted by atomic mass is 10.0. The summed E-state index contributed by atoms with van der Waals surface area (Å²) in [4.78, 5) is 28.3. The van der Waals surface area contributed by atoms with Crippen molar-refractivity contribution in [3.63, 3.8) is 0 Å². The van der Waals surface area contributed by atoms with Gasteiger partial charge in [0, 0.05) is 31.7 Å². The fourth-order valence-electron chi connectivity index (χ4n) is 3.13. The molecule has 1 amide bonds.